The Hall–Kier alpha value is 0.217. The fourth-order valence-corrected chi connectivity index (χ4v) is 6.79. The Morgan fingerprint density at radius 3 is 2.00 bits per heavy atom. The van der Waals surface area contributed by atoms with Crippen LogP contribution in [0.4, 0.5) is 0 Å². The predicted molar refractivity (Wildman–Crippen MR) is 48.2 cm³/mol. The van der Waals surface area contributed by atoms with Crippen molar-refractivity contribution >= 4 is 8.80 Å². The maximum Gasteiger partial charge on any atom is 0.0399 e. The van der Waals surface area contributed by atoms with Crippen molar-refractivity contribution in [2.75, 3.05) is 0 Å². The molecule has 0 atom stereocenters. The lowest BCUT2D eigenvalue weighted by molar-refractivity contribution is 0.483. The monoisotopic (exact) mass is 154 g/mol. The van der Waals surface area contributed by atoms with Gasteiger partial charge in [-0.25, -0.2) is 0 Å². The van der Waals surface area contributed by atoms with Crippen LogP contribution in [-0.2, 0) is 0 Å². The maximum atomic E-state index is 1.70. The smallest absolute Gasteiger partial charge is 0.0399 e. The summed E-state index contributed by atoms with van der Waals surface area (Å²) in [5, 5.41) is 0. The van der Waals surface area contributed by atoms with Gasteiger partial charge in [0.1, 0.15) is 0 Å². The van der Waals surface area contributed by atoms with Crippen molar-refractivity contribution in [3.63, 3.8) is 0 Å². The number of rotatable bonds is 1. The molecule has 0 aromatic heterocycles. The van der Waals surface area contributed by atoms with Gasteiger partial charge in [-0.05, 0) is 5.54 Å². The molecule has 2 aliphatic rings. The summed E-state index contributed by atoms with van der Waals surface area (Å²) in [5.41, 5.74) is 1.31. The van der Waals surface area contributed by atoms with Crippen molar-refractivity contribution in [1.29, 1.82) is 0 Å². The zero-order chi connectivity index (χ0) is 6.81. The highest BCUT2D eigenvalue weighted by Crippen LogP contribution is 2.40. The highest BCUT2D eigenvalue weighted by atomic mass is 28.3. The standard InChI is InChI=1S/C9H18Si/c1-2-7-10(8-3-1)9-5-4-6-9/h9-10H,1-8H2. The summed E-state index contributed by atoms with van der Waals surface area (Å²) in [7, 11) is -0.133. The van der Waals surface area contributed by atoms with E-state index < -0.39 is 0 Å². The van der Waals surface area contributed by atoms with Crippen LogP contribution in [0.15, 0.2) is 0 Å². The van der Waals surface area contributed by atoms with Gasteiger partial charge < -0.3 is 0 Å². The van der Waals surface area contributed by atoms with Crippen molar-refractivity contribution in [1.82, 2.24) is 0 Å². The maximum absolute atomic E-state index is 1.70. The largest absolute Gasteiger partial charge is 0.0597 e. The number of hydrogen-bond acceptors (Lipinski definition) is 0. The average Bonchev–Trinajstić information content (AvgIpc) is 1.86. The lowest BCUT2D eigenvalue weighted by atomic mass is 10.00. The molecule has 1 heteroatoms. The van der Waals surface area contributed by atoms with Crippen LogP contribution in [-0.4, -0.2) is 8.80 Å². The van der Waals surface area contributed by atoms with Gasteiger partial charge in [0.05, 0.1) is 0 Å². The normalized spacial score (nSPS) is 30.0. The first-order chi connectivity index (χ1) is 4.97. The first-order valence-electron chi connectivity index (χ1n) is 4.97. The van der Waals surface area contributed by atoms with Gasteiger partial charge in [0.25, 0.3) is 0 Å². The molecule has 0 spiro atoms. The molecule has 0 unspecified atom stereocenters. The molecule has 1 heterocycles. The lowest BCUT2D eigenvalue weighted by Gasteiger charge is -2.35. The second-order valence-corrected chi connectivity index (χ2v) is 7.71. The molecule has 1 saturated heterocycles. The van der Waals surface area contributed by atoms with E-state index in [4.69, 9.17) is 0 Å². The molecule has 1 aliphatic carbocycles. The van der Waals surface area contributed by atoms with Crippen LogP contribution in [0.5, 0.6) is 0 Å². The SMILES string of the molecule is C1CC[SiH](C2CCC2)CC1. The highest BCUT2D eigenvalue weighted by Gasteiger charge is 2.28. The van der Waals surface area contributed by atoms with Crippen molar-refractivity contribution < 1.29 is 0 Å². The molecule has 2 rings (SSSR count). The molecule has 0 aromatic rings. The van der Waals surface area contributed by atoms with Gasteiger partial charge in [0.15, 0.2) is 0 Å². The summed E-state index contributed by atoms with van der Waals surface area (Å²) in [6.45, 7) is 0. The first-order valence-corrected chi connectivity index (χ1v) is 7.27. The molecule has 1 saturated carbocycles. The van der Waals surface area contributed by atoms with E-state index in [2.05, 4.69) is 0 Å². The van der Waals surface area contributed by atoms with Crippen molar-refractivity contribution in [2.24, 2.45) is 0 Å². The van der Waals surface area contributed by atoms with E-state index in [1.165, 1.54) is 5.54 Å². The summed E-state index contributed by atoms with van der Waals surface area (Å²) in [4.78, 5) is 0. The Balaban J connectivity index is 1.78. The minimum atomic E-state index is -0.133. The van der Waals surface area contributed by atoms with Gasteiger partial charge in [0.2, 0.25) is 0 Å². The van der Waals surface area contributed by atoms with E-state index in [0.717, 1.165) is 0 Å². The predicted octanol–water partition coefficient (Wildman–Crippen LogP) is 2.95. The molecule has 0 N–H and O–H groups in total. The molecule has 0 nitrogen and oxygen atoms in total. The van der Waals surface area contributed by atoms with Crippen LogP contribution in [0.2, 0.25) is 17.6 Å². The van der Waals surface area contributed by atoms with Crippen LogP contribution >= 0.6 is 0 Å². The van der Waals surface area contributed by atoms with Gasteiger partial charge in [-0.3, -0.25) is 0 Å². The average molecular weight is 154 g/mol. The van der Waals surface area contributed by atoms with Crippen molar-refractivity contribution in [3.8, 4) is 0 Å². The second kappa shape index (κ2) is 3.08. The fraction of sp³-hybridized carbons (Fsp3) is 1.00. The Morgan fingerprint density at radius 2 is 1.50 bits per heavy atom. The molecule has 1 aliphatic heterocycles. The minimum Gasteiger partial charge on any atom is -0.0597 e. The zero-order valence-corrected chi connectivity index (χ0v) is 7.97. The Bertz CT molecular complexity index is 101. The van der Waals surface area contributed by atoms with E-state index in [1.54, 1.807) is 50.6 Å². The van der Waals surface area contributed by atoms with Crippen LogP contribution in [0.25, 0.3) is 0 Å². The molecule has 0 radical (unpaired) electrons. The van der Waals surface area contributed by atoms with Gasteiger partial charge >= 0.3 is 0 Å². The van der Waals surface area contributed by atoms with Crippen molar-refractivity contribution in [2.45, 2.75) is 56.2 Å². The Morgan fingerprint density at radius 1 is 0.800 bits per heavy atom. The van der Waals surface area contributed by atoms with Gasteiger partial charge in [0, 0.05) is 8.80 Å². The quantitative estimate of drug-likeness (QED) is 0.509. The summed E-state index contributed by atoms with van der Waals surface area (Å²) < 4.78 is 0. The molecule has 0 amide bonds. The molecule has 58 valence electrons. The molecule has 0 aromatic carbocycles. The molecule has 0 bridgehead atoms. The van der Waals surface area contributed by atoms with E-state index in [-0.39, 0.29) is 8.80 Å². The van der Waals surface area contributed by atoms with E-state index >= 15 is 0 Å². The zero-order valence-electron chi connectivity index (χ0n) is 6.81. The van der Waals surface area contributed by atoms with E-state index in [9.17, 15) is 0 Å². The van der Waals surface area contributed by atoms with Crippen LogP contribution in [0.3, 0.4) is 0 Å². The Kier molecular flexibility index (Phi) is 2.12. The van der Waals surface area contributed by atoms with Gasteiger partial charge in [-0.2, -0.15) is 0 Å². The van der Waals surface area contributed by atoms with Gasteiger partial charge in [-0.15, -0.1) is 0 Å². The highest BCUT2D eigenvalue weighted by molar-refractivity contribution is 6.60. The molecule has 2 fully saturated rings. The van der Waals surface area contributed by atoms with Crippen LogP contribution < -0.4 is 0 Å². The Labute approximate surface area is 65.6 Å². The van der Waals surface area contributed by atoms with Crippen molar-refractivity contribution in [3.05, 3.63) is 0 Å². The lowest BCUT2D eigenvalue weighted by Crippen LogP contribution is -2.27. The first kappa shape index (κ1) is 6.90. The molecular formula is C9H18Si. The molecular weight excluding hydrogens is 136 g/mol. The van der Waals surface area contributed by atoms with Crippen LogP contribution in [0.1, 0.15) is 38.5 Å². The topological polar surface area (TPSA) is 0 Å². The van der Waals surface area contributed by atoms with E-state index in [0.29, 0.717) is 0 Å². The summed E-state index contributed by atoms with van der Waals surface area (Å²) >= 11 is 0. The summed E-state index contributed by atoms with van der Waals surface area (Å²) in [6, 6.07) is 3.40. The second-order valence-electron chi connectivity index (χ2n) is 4.09. The third-order valence-electron chi connectivity index (χ3n) is 3.47. The third kappa shape index (κ3) is 1.29. The van der Waals surface area contributed by atoms with Crippen LogP contribution in [0, 0.1) is 0 Å². The number of hydrogen-bond donors (Lipinski definition) is 0. The minimum absolute atomic E-state index is 0.133. The van der Waals surface area contributed by atoms with E-state index in [1.807, 2.05) is 0 Å². The summed E-state index contributed by atoms with van der Waals surface area (Å²) in [6.07, 6.45) is 9.54. The molecule has 10 heavy (non-hydrogen) atoms. The fourth-order valence-electron chi connectivity index (χ4n) is 2.52. The summed E-state index contributed by atoms with van der Waals surface area (Å²) in [5.74, 6) is 0. The third-order valence-corrected chi connectivity index (χ3v) is 7.77. The van der Waals surface area contributed by atoms with Gasteiger partial charge in [-0.1, -0.05) is 50.6 Å².